The van der Waals surface area contributed by atoms with Gasteiger partial charge in [-0.2, -0.15) is 5.10 Å². The Labute approximate surface area is 161 Å². The molecular weight excluding hydrogens is 381 g/mol. The summed E-state index contributed by atoms with van der Waals surface area (Å²) in [4.78, 5) is 25.8. The Morgan fingerprint density at radius 1 is 1.23 bits per heavy atom. The van der Waals surface area contributed by atoms with Crippen LogP contribution in [0.1, 0.15) is 5.56 Å². The zero-order valence-corrected chi connectivity index (χ0v) is 16.2. The van der Waals surface area contributed by atoms with Crippen molar-refractivity contribution in [1.29, 1.82) is 0 Å². The molecule has 1 aromatic carbocycles. The van der Waals surface area contributed by atoms with Crippen LogP contribution in [0.2, 0.25) is 10.0 Å². The molecule has 0 unspecified atom stereocenters. The van der Waals surface area contributed by atoms with Gasteiger partial charge in [-0.15, -0.1) is 0 Å². The van der Waals surface area contributed by atoms with Gasteiger partial charge < -0.3 is 14.4 Å². The number of hydrogen-bond donors (Lipinski definition) is 0. The molecule has 0 saturated carbocycles. The van der Waals surface area contributed by atoms with Crippen molar-refractivity contribution in [2.45, 2.75) is 13.0 Å². The molecule has 26 heavy (non-hydrogen) atoms. The third-order valence-corrected chi connectivity index (χ3v) is 4.59. The lowest BCUT2D eigenvalue weighted by molar-refractivity contribution is -0.130. The van der Waals surface area contributed by atoms with Crippen LogP contribution in [0.25, 0.3) is 0 Å². The molecule has 0 N–H and O–H groups in total. The lowest BCUT2D eigenvalue weighted by atomic mass is 10.1. The monoisotopic (exact) mass is 399 g/mol. The smallest absolute Gasteiger partial charge is 0.287 e. The van der Waals surface area contributed by atoms with Crippen LogP contribution in [-0.2, 0) is 17.8 Å². The highest BCUT2D eigenvalue weighted by Crippen LogP contribution is 2.27. The maximum Gasteiger partial charge on any atom is 0.287 e. The molecule has 9 heteroatoms. The Hall–Kier alpha value is -2.25. The van der Waals surface area contributed by atoms with Crippen molar-refractivity contribution in [2.24, 2.45) is 0 Å². The van der Waals surface area contributed by atoms with Crippen LogP contribution in [0, 0.1) is 0 Å². The van der Waals surface area contributed by atoms with E-state index in [4.69, 9.17) is 32.7 Å². The third kappa shape index (κ3) is 4.68. The number of hydrogen-bond acceptors (Lipinski definition) is 5. The van der Waals surface area contributed by atoms with E-state index in [0.29, 0.717) is 24.5 Å². The molecule has 0 saturated heterocycles. The van der Waals surface area contributed by atoms with Crippen molar-refractivity contribution < 1.29 is 14.3 Å². The van der Waals surface area contributed by atoms with Crippen LogP contribution in [0.15, 0.2) is 29.2 Å². The van der Waals surface area contributed by atoms with Gasteiger partial charge in [-0.05, 0) is 24.1 Å². The van der Waals surface area contributed by atoms with Crippen molar-refractivity contribution in [3.63, 3.8) is 0 Å². The van der Waals surface area contributed by atoms with Crippen molar-refractivity contribution in [3.8, 4) is 11.5 Å². The maximum atomic E-state index is 12.3. The Morgan fingerprint density at radius 2 is 1.92 bits per heavy atom. The van der Waals surface area contributed by atoms with Gasteiger partial charge in [0.05, 0.1) is 25.4 Å². The summed E-state index contributed by atoms with van der Waals surface area (Å²) in [5, 5.41) is 3.74. The summed E-state index contributed by atoms with van der Waals surface area (Å²) >= 11 is 11.5. The number of nitrogens with zero attached hydrogens (tertiary/aromatic N) is 3. The lowest BCUT2D eigenvalue weighted by Crippen LogP contribution is -2.36. The highest BCUT2D eigenvalue weighted by atomic mass is 35.5. The number of rotatable bonds is 7. The number of benzene rings is 1. The molecule has 1 aromatic heterocycles. The van der Waals surface area contributed by atoms with Crippen molar-refractivity contribution in [2.75, 3.05) is 27.8 Å². The van der Waals surface area contributed by atoms with E-state index in [1.807, 2.05) is 18.2 Å². The molecule has 0 aliphatic rings. The highest BCUT2D eigenvalue weighted by molar-refractivity contribution is 6.41. The molecule has 2 aromatic rings. The minimum atomic E-state index is -0.596. The first-order valence-corrected chi connectivity index (χ1v) is 8.49. The molecule has 0 aliphatic heterocycles. The number of methoxy groups -OCH3 is 2. The zero-order chi connectivity index (χ0) is 19.3. The van der Waals surface area contributed by atoms with Crippen molar-refractivity contribution in [3.05, 3.63) is 50.4 Å². The van der Waals surface area contributed by atoms with E-state index in [9.17, 15) is 9.59 Å². The Kier molecular flexibility index (Phi) is 6.88. The fraction of sp³-hybridized carbons (Fsp3) is 0.353. The van der Waals surface area contributed by atoms with Gasteiger partial charge in [-0.3, -0.25) is 9.59 Å². The molecule has 2 rings (SSSR count). The molecule has 0 bridgehead atoms. The fourth-order valence-electron chi connectivity index (χ4n) is 2.26. The summed E-state index contributed by atoms with van der Waals surface area (Å²) in [6.07, 6.45) is 1.86. The zero-order valence-electron chi connectivity index (χ0n) is 14.7. The van der Waals surface area contributed by atoms with Crippen LogP contribution in [-0.4, -0.2) is 48.4 Å². The normalized spacial score (nSPS) is 10.5. The van der Waals surface area contributed by atoms with Gasteiger partial charge in [0, 0.05) is 13.6 Å². The largest absolute Gasteiger partial charge is 0.493 e. The predicted octanol–water partition coefficient (Wildman–Crippen LogP) is 2.27. The van der Waals surface area contributed by atoms with Crippen LogP contribution in [0.5, 0.6) is 11.5 Å². The molecule has 0 spiro atoms. The first-order valence-electron chi connectivity index (χ1n) is 7.73. The summed E-state index contributed by atoms with van der Waals surface area (Å²) < 4.78 is 11.5. The minimum Gasteiger partial charge on any atom is -0.493 e. The van der Waals surface area contributed by atoms with Crippen LogP contribution in [0.3, 0.4) is 0 Å². The van der Waals surface area contributed by atoms with Crippen LogP contribution in [0.4, 0.5) is 0 Å². The van der Waals surface area contributed by atoms with E-state index in [-0.39, 0.29) is 22.5 Å². The Bertz CT molecular complexity index is 854. The quantitative estimate of drug-likeness (QED) is 0.713. The van der Waals surface area contributed by atoms with Crippen LogP contribution < -0.4 is 15.0 Å². The summed E-state index contributed by atoms with van der Waals surface area (Å²) in [5.74, 6) is 1.01. The first-order chi connectivity index (χ1) is 12.4. The minimum absolute atomic E-state index is 0.0576. The standard InChI is InChI=1S/C17H19Cl2N3O4/c1-21(7-6-11-4-5-13(25-2)14(8-11)26-3)15(23)10-22-17(24)16(19)12(18)9-20-22/h4-5,8-9H,6-7,10H2,1-3H3. The molecule has 0 radical (unpaired) electrons. The van der Waals surface area contributed by atoms with Gasteiger partial charge in [0.1, 0.15) is 11.6 Å². The van der Waals surface area contributed by atoms with Gasteiger partial charge in [-0.1, -0.05) is 29.3 Å². The Morgan fingerprint density at radius 3 is 2.58 bits per heavy atom. The number of amides is 1. The molecule has 140 valence electrons. The van der Waals surface area contributed by atoms with E-state index >= 15 is 0 Å². The van der Waals surface area contributed by atoms with E-state index in [0.717, 1.165) is 10.2 Å². The van der Waals surface area contributed by atoms with Gasteiger partial charge >= 0.3 is 0 Å². The molecule has 0 aliphatic carbocycles. The lowest BCUT2D eigenvalue weighted by Gasteiger charge is -2.18. The molecular formula is C17H19Cl2N3O4. The second kappa shape index (κ2) is 8.91. The second-order valence-corrected chi connectivity index (χ2v) is 6.31. The highest BCUT2D eigenvalue weighted by Gasteiger charge is 2.14. The molecule has 0 atom stereocenters. The third-order valence-electron chi connectivity index (χ3n) is 3.84. The van der Waals surface area contributed by atoms with E-state index < -0.39 is 5.56 Å². The molecule has 7 nitrogen and oxygen atoms in total. The number of carbonyl (C=O) groups is 1. The topological polar surface area (TPSA) is 73.7 Å². The van der Waals surface area contributed by atoms with E-state index in [1.54, 1.807) is 21.3 Å². The maximum absolute atomic E-state index is 12.3. The van der Waals surface area contributed by atoms with Gasteiger partial charge in [-0.25, -0.2) is 4.68 Å². The number of halogens is 2. The summed E-state index contributed by atoms with van der Waals surface area (Å²) in [6, 6.07) is 5.59. The Balaban J connectivity index is 2.00. The summed E-state index contributed by atoms with van der Waals surface area (Å²) in [6.45, 7) is 0.253. The van der Waals surface area contributed by atoms with Crippen LogP contribution >= 0.6 is 23.2 Å². The van der Waals surface area contributed by atoms with Gasteiger partial charge in [0.15, 0.2) is 11.5 Å². The SMILES string of the molecule is COc1ccc(CCN(C)C(=O)Cn2ncc(Cl)c(Cl)c2=O)cc1OC. The van der Waals surface area contributed by atoms with Crippen molar-refractivity contribution >= 4 is 29.1 Å². The number of aromatic nitrogens is 2. The van der Waals surface area contributed by atoms with E-state index in [1.165, 1.54) is 11.1 Å². The van der Waals surface area contributed by atoms with E-state index in [2.05, 4.69) is 5.10 Å². The van der Waals surface area contributed by atoms with Gasteiger partial charge in [0.25, 0.3) is 5.56 Å². The predicted molar refractivity (Wildman–Crippen MR) is 99.4 cm³/mol. The average molecular weight is 400 g/mol. The number of carbonyl (C=O) groups excluding carboxylic acids is 1. The van der Waals surface area contributed by atoms with Gasteiger partial charge in [0.2, 0.25) is 5.91 Å². The fourth-order valence-corrected chi connectivity index (χ4v) is 2.53. The first kappa shape index (κ1) is 20.1. The van der Waals surface area contributed by atoms with Crippen molar-refractivity contribution in [1.82, 2.24) is 14.7 Å². The number of likely N-dealkylation sites (N-methyl/N-ethyl adjacent to an activating group) is 1. The summed E-state index contributed by atoms with van der Waals surface area (Å²) in [5.41, 5.74) is 0.396. The molecule has 1 heterocycles. The average Bonchev–Trinajstić information content (AvgIpc) is 2.66. The number of ether oxygens (including phenoxy) is 2. The summed E-state index contributed by atoms with van der Waals surface area (Å²) in [7, 11) is 4.80. The molecule has 1 amide bonds. The second-order valence-electron chi connectivity index (χ2n) is 5.52. The molecule has 0 fully saturated rings.